The normalized spacial score (nSPS) is 50.4. The molecular weight excluding hydrogens is 400 g/mol. The summed E-state index contributed by atoms with van der Waals surface area (Å²) in [5.41, 5.74) is -2.21. The second-order valence-electron chi connectivity index (χ2n) is 10.8. The highest BCUT2D eigenvalue weighted by Crippen LogP contribution is 2.69. The lowest BCUT2D eigenvalue weighted by molar-refractivity contribution is -0.175. The number of allylic oxidation sites excluding steroid dienone is 1. The average Bonchev–Trinajstić information content (AvgIpc) is 2.96. The van der Waals surface area contributed by atoms with Gasteiger partial charge in [0.1, 0.15) is 5.78 Å². The van der Waals surface area contributed by atoms with Gasteiger partial charge < -0.3 is 15.3 Å². The van der Waals surface area contributed by atoms with E-state index in [9.17, 15) is 24.9 Å². The van der Waals surface area contributed by atoms with E-state index in [1.165, 1.54) is 0 Å². The molecule has 30 heavy (non-hydrogen) atoms. The van der Waals surface area contributed by atoms with E-state index in [1.54, 1.807) is 17.8 Å². The van der Waals surface area contributed by atoms with Crippen LogP contribution in [0.3, 0.4) is 0 Å². The molecule has 0 aromatic rings. The van der Waals surface area contributed by atoms with Crippen LogP contribution in [0, 0.1) is 28.1 Å². The first kappa shape index (κ1) is 22.5. The van der Waals surface area contributed by atoms with Gasteiger partial charge in [-0.1, -0.05) is 27.7 Å². The fraction of sp³-hybridized carbons (Fsp3) is 0.833. The van der Waals surface area contributed by atoms with Gasteiger partial charge >= 0.3 is 0 Å². The molecule has 4 aliphatic carbocycles. The Morgan fingerprint density at radius 1 is 1.10 bits per heavy atom. The van der Waals surface area contributed by atoms with E-state index in [0.717, 1.165) is 24.2 Å². The quantitative estimate of drug-likeness (QED) is 0.627. The molecule has 0 aliphatic heterocycles. The Morgan fingerprint density at radius 3 is 2.43 bits per heavy atom. The summed E-state index contributed by atoms with van der Waals surface area (Å²) in [4.78, 5) is 26.4. The Labute approximate surface area is 183 Å². The molecule has 5 nitrogen and oxygen atoms in total. The summed E-state index contributed by atoms with van der Waals surface area (Å²) >= 11 is 1.63. The van der Waals surface area contributed by atoms with Gasteiger partial charge in [0.15, 0.2) is 5.78 Å². The third kappa shape index (κ3) is 2.72. The third-order valence-corrected chi connectivity index (χ3v) is 10.6. The lowest BCUT2D eigenvalue weighted by atomic mass is 9.41. The van der Waals surface area contributed by atoms with Crippen molar-refractivity contribution in [3.8, 4) is 0 Å². The predicted octanol–water partition coefficient (Wildman–Crippen LogP) is 2.90. The minimum atomic E-state index is -1.16. The Morgan fingerprint density at radius 2 is 1.77 bits per heavy atom. The fourth-order valence-corrected chi connectivity index (χ4v) is 8.09. The van der Waals surface area contributed by atoms with Crippen LogP contribution in [0.4, 0.5) is 0 Å². The van der Waals surface area contributed by atoms with E-state index in [0.29, 0.717) is 25.0 Å². The molecule has 3 saturated carbocycles. The van der Waals surface area contributed by atoms with Crippen LogP contribution in [0.1, 0.15) is 66.2 Å². The molecule has 0 aromatic heterocycles. The fourth-order valence-electron chi connectivity index (χ4n) is 7.48. The number of aliphatic hydroxyl groups is 3. The summed E-state index contributed by atoms with van der Waals surface area (Å²) in [7, 11) is 0. The van der Waals surface area contributed by atoms with Crippen molar-refractivity contribution in [2.45, 2.75) is 84.0 Å². The molecule has 0 saturated heterocycles. The van der Waals surface area contributed by atoms with E-state index in [4.69, 9.17) is 0 Å². The van der Waals surface area contributed by atoms with Crippen molar-refractivity contribution in [2.24, 2.45) is 28.1 Å². The van der Waals surface area contributed by atoms with Gasteiger partial charge in [-0.2, -0.15) is 11.8 Å². The molecule has 3 N–H and O–H groups in total. The van der Waals surface area contributed by atoms with Crippen molar-refractivity contribution in [3.05, 3.63) is 11.6 Å². The summed E-state index contributed by atoms with van der Waals surface area (Å²) in [5, 5.41) is 32.8. The number of hydrogen-bond acceptors (Lipinski definition) is 6. The van der Waals surface area contributed by atoms with Crippen molar-refractivity contribution in [1.82, 2.24) is 0 Å². The van der Waals surface area contributed by atoms with Crippen LogP contribution >= 0.6 is 11.8 Å². The first-order chi connectivity index (χ1) is 13.9. The zero-order valence-corrected chi connectivity index (χ0v) is 19.4. The van der Waals surface area contributed by atoms with Crippen molar-refractivity contribution in [3.63, 3.8) is 0 Å². The third-order valence-electron chi connectivity index (χ3n) is 9.71. The molecule has 0 amide bonds. The Kier molecular flexibility index (Phi) is 5.37. The standard InChI is InChI=1S/C24H36O5S/c1-5-30-13-19(27)15-7-9-24(29)16-10-20(28)23(4)12-18(26)17(25)11-22(23,3)14(16)6-8-21(15,24)2/h10,14-15,17-18,25-26,29H,5-9,11-13H2,1-4H3/t14?,15?,17?,18?,21?,22?,23?,24-/m1/s1. The highest BCUT2D eigenvalue weighted by atomic mass is 32.2. The first-order valence-corrected chi connectivity index (χ1v) is 12.6. The van der Waals surface area contributed by atoms with E-state index >= 15 is 0 Å². The van der Waals surface area contributed by atoms with Gasteiger partial charge in [-0.3, -0.25) is 9.59 Å². The Hall–Kier alpha value is -0.690. The maximum absolute atomic E-state index is 13.4. The Bertz CT molecular complexity index is 794. The number of fused-ring (bicyclic) bond motifs is 5. The molecule has 8 atom stereocenters. The molecule has 7 unspecified atom stereocenters. The van der Waals surface area contributed by atoms with E-state index in [1.807, 2.05) is 20.8 Å². The number of hydrogen-bond donors (Lipinski definition) is 3. The van der Waals surface area contributed by atoms with Crippen molar-refractivity contribution in [1.29, 1.82) is 0 Å². The number of carbonyl (C=O) groups excluding carboxylic acids is 2. The molecular formula is C24H36O5S. The number of ketones is 2. The number of carbonyl (C=O) groups is 2. The zero-order valence-electron chi connectivity index (χ0n) is 18.6. The summed E-state index contributed by atoms with van der Waals surface area (Å²) in [6.07, 6.45) is 3.17. The molecule has 0 spiro atoms. The van der Waals surface area contributed by atoms with Crippen molar-refractivity contribution in [2.75, 3.05) is 11.5 Å². The highest BCUT2D eigenvalue weighted by Gasteiger charge is 2.69. The maximum Gasteiger partial charge on any atom is 0.162 e. The highest BCUT2D eigenvalue weighted by molar-refractivity contribution is 7.99. The minimum Gasteiger partial charge on any atom is -0.390 e. The van der Waals surface area contributed by atoms with Gasteiger partial charge in [-0.05, 0) is 67.3 Å². The molecule has 4 aliphatic rings. The van der Waals surface area contributed by atoms with Crippen molar-refractivity contribution < 1.29 is 24.9 Å². The van der Waals surface area contributed by atoms with Gasteiger partial charge in [-0.25, -0.2) is 0 Å². The van der Waals surface area contributed by atoms with Crippen LogP contribution < -0.4 is 0 Å². The second-order valence-corrected chi connectivity index (χ2v) is 12.1. The molecule has 168 valence electrons. The van der Waals surface area contributed by atoms with Crippen LogP contribution in [0.25, 0.3) is 0 Å². The molecule has 0 radical (unpaired) electrons. The number of aliphatic hydroxyl groups excluding tert-OH is 2. The van der Waals surface area contributed by atoms with Crippen LogP contribution in [0.5, 0.6) is 0 Å². The number of thioether (sulfide) groups is 1. The number of Topliss-reactive ketones (excluding diaryl/α,β-unsaturated/α-hetero) is 1. The Balaban J connectivity index is 1.75. The lowest BCUT2D eigenvalue weighted by Crippen LogP contribution is -2.64. The van der Waals surface area contributed by atoms with E-state index < -0.39 is 34.1 Å². The largest absolute Gasteiger partial charge is 0.390 e. The first-order valence-electron chi connectivity index (χ1n) is 11.4. The molecule has 0 bridgehead atoms. The average molecular weight is 437 g/mol. The summed E-state index contributed by atoms with van der Waals surface area (Å²) in [5.74, 6) is 1.32. The SMILES string of the molecule is CCSCC(=O)C1CC[C@@]2(O)C3=CC(=O)C4(C)CC(O)C(O)CC4(C)C3CCC12C. The van der Waals surface area contributed by atoms with E-state index in [2.05, 4.69) is 6.92 Å². The molecule has 6 heteroatoms. The van der Waals surface area contributed by atoms with Gasteiger partial charge in [-0.15, -0.1) is 0 Å². The van der Waals surface area contributed by atoms with Crippen molar-refractivity contribution >= 4 is 23.3 Å². The predicted molar refractivity (Wildman–Crippen MR) is 117 cm³/mol. The summed E-state index contributed by atoms with van der Waals surface area (Å²) in [6.45, 7) is 8.05. The number of rotatable bonds is 4. The molecule has 0 aromatic carbocycles. The van der Waals surface area contributed by atoms with Crippen LogP contribution in [0.2, 0.25) is 0 Å². The lowest BCUT2D eigenvalue weighted by Gasteiger charge is -2.63. The molecule has 4 rings (SSSR count). The van der Waals surface area contributed by atoms with Crippen LogP contribution in [-0.4, -0.2) is 56.2 Å². The monoisotopic (exact) mass is 436 g/mol. The van der Waals surface area contributed by atoms with Gasteiger partial charge in [0, 0.05) is 16.7 Å². The summed E-state index contributed by atoms with van der Waals surface area (Å²) < 4.78 is 0. The molecule has 3 fully saturated rings. The smallest absolute Gasteiger partial charge is 0.162 e. The van der Waals surface area contributed by atoms with Gasteiger partial charge in [0.25, 0.3) is 0 Å². The summed E-state index contributed by atoms with van der Waals surface area (Å²) in [6, 6.07) is 0. The zero-order chi connectivity index (χ0) is 22.1. The van der Waals surface area contributed by atoms with Crippen LogP contribution in [0.15, 0.2) is 11.6 Å². The molecule has 0 heterocycles. The van der Waals surface area contributed by atoms with E-state index in [-0.39, 0.29) is 29.8 Å². The van der Waals surface area contributed by atoms with Gasteiger partial charge in [0.2, 0.25) is 0 Å². The topological polar surface area (TPSA) is 94.8 Å². The second kappa shape index (κ2) is 7.16. The minimum absolute atomic E-state index is 0.0284. The van der Waals surface area contributed by atoms with Crippen LogP contribution in [-0.2, 0) is 9.59 Å². The van der Waals surface area contributed by atoms with Gasteiger partial charge in [0.05, 0.1) is 23.6 Å². The maximum atomic E-state index is 13.4.